The van der Waals surface area contributed by atoms with Crippen LogP contribution in [-0.4, -0.2) is 31.4 Å². The first-order valence-corrected chi connectivity index (χ1v) is 8.29. The van der Waals surface area contributed by atoms with E-state index in [1.54, 1.807) is 24.3 Å². The Kier molecular flexibility index (Phi) is 6.60. The van der Waals surface area contributed by atoms with E-state index >= 15 is 0 Å². The molecule has 8 heteroatoms. The van der Waals surface area contributed by atoms with Gasteiger partial charge in [0.25, 0.3) is 0 Å². The number of halogens is 2. The van der Waals surface area contributed by atoms with E-state index in [1.165, 1.54) is 37.1 Å². The molecule has 0 aliphatic heterocycles. The van der Waals surface area contributed by atoms with Crippen LogP contribution in [0.2, 0.25) is 10.0 Å². The lowest BCUT2D eigenvalue weighted by Gasteiger charge is -2.21. The highest BCUT2D eigenvalue weighted by Crippen LogP contribution is 2.24. The van der Waals surface area contributed by atoms with Crippen molar-refractivity contribution in [1.29, 1.82) is 0 Å². The van der Waals surface area contributed by atoms with Crippen LogP contribution in [0.15, 0.2) is 42.5 Å². The molecular weight excluding hydrogens is 379 g/mol. The molecule has 0 spiro atoms. The highest BCUT2D eigenvalue weighted by atomic mass is 35.5. The molecule has 2 amide bonds. The summed E-state index contributed by atoms with van der Waals surface area (Å²) in [4.78, 5) is 37.2. The number of ether oxygens (including phenoxy) is 1. The van der Waals surface area contributed by atoms with Gasteiger partial charge in [0.15, 0.2) is 0 Å². The number of anilines is 2. The molecule has 0 unspecified atom stereocenters. The monoisotopic (exact) mass is 394 g/mol. The van der Waals surface area contributed by atoms with Gasteiger partial charge < -0.3 is 15.0 Å². The summed E-state index contributed by atoms with van der Waals surface area (Å²) in [5.74, 6) is -1.33. The Morgan fingerprint density at radius 2 is 1.73 bits per heavy atom. The van der Waals surface area contributed by atoms with E-state index < -0.39 is 11.9 Å². The molecule has 0 aromatic heterocycles. The molecule has 1 N–H and O–H groups in total. The summed E-state index contributed by atoms with van der Waals surface area (Å²) >= 11 is 11.9. The Labute approximate surface area is 160 Å². The Bertz CT molecular complexity index is 838. The maximum atomic E-state index is 12.4. The predicted octanol–water partition coefficient (Wildman–Crippen LogP) is 3.77. The molecule has 2 aromatic rings. The third-order valence-electron chi connectivity index (χ3n) is 3.48. The minimum Gasteiger partial charge on any atom is -0.465 e. The number of carbonyl (C=O) groups excluding carboxylic acids is 3. The van der Waals surface area contributed by atoms with Crippen molar-refractivity contribution in [2.24, 2.45) is 0 Å². The normalized spacial score (nSPS) is 10.2. The fraction of sp³-hybridized carbons (Fsp3) is 0.167. The topological polar surface area (TPSA) is 75.7 Å². The molecule has 6 nitrogen and oxygen atoms in total. The van der Waals surface area contributed by atoms with Crippen LogP contribution in [-0.2, 0) is 14.3 Å². The third kappa shape index (κ3) is 4.97. The van der Waals surface area contributed by atoms with E-state index in [2.05, 4.69) is 10.1 Å². The van der Waals surface area contributed by atoms with Gasteiger partial charge in [-0.05, 0) is 42.5 Å². The van der Waals surface area contributed by atoms with Crippen molar-refractivity contribution in [3.63, 3.8) is 0 Å². The zero-order valence-corrected chi connectivity index (χ0v) is 15.6. The van der Waals surface area contributed by atoms with Gasteiger partial charge in [0.1, 0.15) is 6.54 Å². The lowest BCUT2D eigenvalue weighted by Crippen LogP contribution is -2.36. The van der Waals surface area contributed by atoms with Gasteiger partial charge in [-0.1, -0.05) is 23.2 Å². The van der Waals surface area contributed by atoms with Crippen LogP contribution in [0, 0.1) is 0 Å². The van der Waals surface area contributed by atoms with Crippen LogP contribution in [0.25, 0.3) is 0 Å². The second-order valence-electron chi connectivity index (χ2n) is 5.32. The number of rotatable bonds is 5. The van der Waals surface area contributed by atoms with Crippen LogP contribution in [0.5, 0.6) is 0 Å². The average Bonchev–Trinajstić information content (AvgIpc) is 2.61. The van der Waals surface area contributed by atoms with Gasteiger partial charge in [0.05, 0.1) is 23.4 Å². The molecule has 0 saturated heterocycles. The number of nitrogens with zero attached hydrogens (tertiary/aromatic N) is 1. The largest absolute Gasteiger partial charge is 0.465 e. The van der Waals surface area contributed by atoms with Gasteiger partial charge in [-0.15, -0.1) is 0 Å². The maximum absolute atomic E-state index is 12.4. The highest BCUT2D eigenvalue weighted by Gasteiger charge is 2.17. The summed E-state index contributed by atoms with van der Waals surface area (Å²) in [5, 5.41) is 3.38. The van der Waals surface area contributed by atoms with Crippen LogP contribution in [0.4, 0.5) is 11.4 Å². The molecule has 2 aromatic carbocycles. The van der Waals surface area contributed by atoms with Crippen LogP contribution in [0.3, 0.4) is 0 Å². The van der Waals surface area contributed by atoms with Gasteiger partial charge in [-0.2, -0.15) is 0 Å². The molecule has 2 rings (SSSR count). The Hall–Kier alpha value is -2.57. The summed E-state index contributed by atoms with van der Waals surface area (Å²) in [5.41, 5.74) is 1.03. The summed E-state index contributed by atoms with van der Waals surface area (Å²) in [6.07, 6.45) is 0. The number of esters is 1. The van der Waals surface area contributed by atoms with E-state index in [0.29, 0.717) is 10.7 Å². The maximum Gasteiger partial charge on any atom is 0.337 e. The zero-order chi connectivity index (χ0) is 19.3. The molecule has 0 aliphatic rings. The summed E-state index contributed by atoms with van der Waals surface area (Å²) in [6, 6.07) is 10.9. The van der Waals surface area contributed by atoms with Gasteiger partial charge in [0.2, 0.25) is 11.8 Å². The molecular formula is C18H16Cl2N2O4. The SMILES string of the molecule is COC(=O)c1ccc(Cl)c(NC(=O)CN(C(C)=O)c2ccc(Cl)cc2)c1. The molecule has 0 bridgehead atoms. The van der Waals surface area contributed by atoms with Crippen LogP contribution >= 0.6 is 23.2 Å². The van der Waals surface area contributed by atoms with Crippen molar-refractivity contribution in [1.82, 2.24) is 0 Å². The summed E-state index contributed by atoms with van der Waals surface area (Å²) in [6.45, 7) is 1.13. The Balaban J connectivity index is 2.17. The van der Waals surface area contributed by atoms with E-state index in [4.69, 9.17) is 23.2 Å². The van der Waals surface area contributed by atoms with Crippen molar-refractivity contribution in [3.05, 3.63) is 58.1 Å². The summed E-state index contributed by atoms with van der Waals surface area (Å²) in [7, 11) is 1.26. The van der Waals surface area contributed by atoms with E-state index in [0.717, 1.165) is 0 Å². The number of hydrogen-bond acceptors (Lipinski definition) is 4. The molecule has 0 radical (unpaired) electrons. The van der Waals surface area contributed by atoms with Crippen molar-refractivity contribution < 1.29 is 19.1 Å². The van der Waals surface area contributed by atoms with Gasteiger partial charge >= 0.3 is 5.97 Å². The summed E-state index contributed by atoms with van der Waals surface area (Å²) < 4.78 is 4.64. The fourth-order valence-electron chi connectivity index (χ4n) is 2.20. The standard InChI is InChI=1S/C18H16Cl2N2O4/c1-11(23)22(14-6-4-13(19)5-7-14)10-17(24)21-16-9-12(18(25)26-2)3-8-15(16)20/h3-9H,10H2,1-2H3,(H,21,24). The lowest BCUT2D eigenvalue weighted by atomic mass is 10.2. The second kappa shape index (κ2) is 8.69. The van der Waals surface area contributed by atoms with Crippen molar-refractivity contribution in [2.75, 3.05) is 23.9 Å². The first kappa shape index (κ1) is 19.8. The first-order valence-electron chi connectivity index (χ1n) is 7.53. The van der Waals surface area contributed by atoms with Crippen LogP contribution in [0.1, 0.15) is 17.3 Å². The molecule has 0 aliphatic carbocycles. The Morgan fingerprint density at radius 1 is 1.08 bits per heavy atom. The van der Waals surface area contributed by atoms with Crippen molar-refractivity contribution >= 4 is 52.4 Å². The highest BCUT2D eigenvalue weighted by molar-refractivity contribution is 6.34. The first-order chi connectivity index (χ1) is 12.3. The van der Waals surface area contributed by atoms with Crippen molar-refractivity contribution in [3.8, 4) is 0 Å². The van der Waals surface area contributed by atoms with E-state index in [-0.39, 0.29) is 28.7 Å². The number of carbonyl (C=O) groups is 3. The Morgan fingerprint density at radius 3 is 2.31 bits per heavy atom. The van der Waals surface area contributed by atoms with Crippen LogP contribution < -0.4 is 10.2 Å². The number of hydrogen-bond donors (Lipinski definition) is 1. The fourth-order valence-corrected chi connectivity index (χ4v) is 2.50. The molecule has 0 heterocycles. The predicted molar refractivity (Wildman–Crippen MR) is 101 cm³/mol. The quantitative estimate of drug-likeness (QED) is 0.782. The van der Waals surface area contributed by atoms with Gasteiger partial charge in [-0.3, -0.25) is 9.59 Å². The number of benzene rings is 2. The van der Waals surface area contributed by atoms with E-state index in [9.17, 15) is 14.4 Å². The molecule has 26 heavy (non-hydrogen) atoms. The third-order valence-corrected chi connectivity index (χ3v) is 4.06. The lowest BCUT2D eigenvalue weighted by molar-refractivity contribution is -0.120. The van der Waals surface area contributed by atoms with E-state index in [1.807, 2.05) is 0 Å². The number of methoxy groups -OCH3 is 1. The van der Waals surface area contributed by atoms with Gasteiger partial charge in [0, 0.05) is 17.6 Å². The zero-order valence-electron chi connectivity index (χ0n) is 14.1. The minimum absolute atomic E-state index is 0.226. The smallest absolute Gasteiger partial charge is 0.337 e. The van der Waals surface area contributed by atoms with Crippen molar-refractivity contribution in [2.45, 2.75) is 6.92 Å². The number of nitrogens with one attached hydrogen (secondary N) is 1. The second-order valence-corrected chi connectivity index (χ2v) is 6.16. The minimum atomic E-state index is -0.552. The molecule has 0 saturated carbocycles. The molecule has 0 atom stereocenters. The van der Waals surface area contributed by atoms with Gasteiger partial charge in [-0.25, -0.2) is 4.79 Å². The number of amides is 2. The average molecular weight is 395 g/mol. The molecule has 0 fully saturated rings. The molecule has 136 valence electrons.